The van der Waals surface area contributed by atoms with Gasteiger partial charge < -0.3 is 5.11 Å². The minimum atomic E-state index is 0.316. The molecule has 14 heavy (non-hydrogen) atoms. The highest BCUT2D eigenvalue weighted by Crippen LogP contribution is 2.15. The highest BCUT2D eigenvalue weighted by atomic mass is 32.2. The van der Waals surface area contributed by atoms with Crippen LogP contribution >= 0.6 is 11.8 Å². The highest BCUT2D eigenvalue weighted by molar-refractivity contribution is 7.99. The van der Waals surface area contributed by atoms with Gasteiger partial charge in [-0.25, -0.2) is 9.67 Å². The van der Waals surface area contributed by atoms with Gasteiger partial charge in [0.2, 0.25) is 0 Å². The zero-order valence-electron chi connectivity index (χ0n) is 8.52. The lowest BCUT2D eigenvalue weighted by molar-refractivity contribution is 0.283. The maximum atomic E-state index is 8.58. The first-order valence-corrected chi connectivity index (χ1v) is 5.91. The highest BCUT2D eigenvalue weighted by Gasteiger charge is 1.99. The Bertz CT molecular complexity index is 252. The molecule has 0 aliphatic heterocycles. The molecule has 0 amide bonds. The first-order chi connectivity index (χ1) is 6.84. The Morgan fingerprint density at radius 2 is 2.14 bits per heavy atom. The molecule has 80 valence electrons. The molecule has 0 aliphatic carbocycles. The largest absolute Gasteiger partial charge is 0.396 e. The van der Waals surface area contributed by atoms with Gasteiger partial charge in [0.05, 0.1) is 0 Å². The molecule has 1 aromatic rings. The summed E-state index contributed by atoms with van der Waals surface area (Å²) >= 11 is 1.74. The van der Waals surface area contributed by atoms with E-state index < -0.39 is 0 Å². The summed E-state index contributed by atoms with van der Waals surface area (Å²) < 4.78 is 1.79. The fourth-order valence-electron chi connectivity index (χ4n) is 1.15. The fraction of sp³-hybridized carbons (Fsp3) is 0.778. The summed E-state index contributed by atoms with van der Waals surface area (Å²) in [6.45, 7) is 0.316. The van der Waals surface area contributed by atoms with E-state index in [9.17, 15) is 0 Å². The predicted octanol–water partition coefficient (Wildman–Crippen LogP) is 1.46. The summed E-state index contributed by atoms with van der Waals surface area (Å²) in [6, 6.07) is 0. The number of aromatic nitrogens is 3. The van der Waals surface area contributed by atoms with Gasteiger partial charge in [0.15, 0.2) is 5.16 Å². The Morgan fingerprint density at radius 1 is 1.36 bits per heavy atom. The van der Waals surface area contributed by atoms with Crippen LogP contribution in [-0.4, -0.2) is 32.2 Å². The van der Waals surface area contributed by atoms with Gasteiger partial charge in [0, 0.05) is 19.4 Å². The molecule has 0 saturated heterocycles. The number of hydrogen-bond acceptors (Lipinski definition) is 4. The van der Waals surface area contributed by atoms with E-state index >= 15 is 0 Å². The molecular weight excluding hydrogens is 198 g/mol. The van der Waals surface area contributed by atoms with Crippen molar-refractivity contribution in [1.82, 2.24) is 14.8 Å². The number of nitrogens with zero attached hydrogens (tertiary/aromatic N) is 3. The van der Waals surface area contributed by atoms with Crippen LogP contribution in [0.5, 0.6) is 0 Å². The van der Waals surface area contributed by atoms with Gasteiger partial charge in [-0.05, 0) is 12.8 Å². The minimum Gasteiger partial charge on any atom is -0.396 e. The third-order valence-electron chi connectivity index (χ3n) is 1.95. The van der Waals surface area contributed by atoms with Crippen molar-refractivity contribution in [2.75, 3.05) is 12.4 Å². The maximum absolute atomic E-state index is 8.58. The molecule has 1 heterocycles. The van der Waals surface area contributed by atoms with Gasteiger partial charge in [-0.3, -0.25) is 0 Å². The van der Waals surface area contributed by atoms with E-state index in [1.807, 2.05) is 7.05 Å². The van der Waals surface area contributed by atoms with Crippen LogP contribution in [-0.2, 0) is 7.05 Å². The molecule has 5 heteroatoms. The fourth-order valence-corrected chi connectivity index (χ4v) is 2.03. The third-order valence-corrected chi connectivity index (χ3v) is 3.07. The molecule has 1 N–H and O–H groups in total. The summed E-state index contributed by atoms with van der Waals surface area (Å²) in [5.74, 6) is 1.08. The molecule has 4 nitrogen and oxygen atoms in total. The quantitative estimate of drug-likeness (QED) is 0.552. The van der Waals surface area contributed by atoms with Crippen LogP contribution in [0.1, 0.15) is 25.7 Å². The second-order valence-corrected chi connectivity index (χ2v) is 4.21. The van der Waals surface area contributed by atoms with Crippen LogP contribution in [0.15, 0.2) is 11.5 Å². The number of aryl methyl sites for hydroxylation is 1. The second kappa shape index (κ2) is 6.84. The van der Waals surface area contributed by atoms with E-state index in [0.717, 1.165) is 23.8 Å². The van der Waals surface area contributed by atoms with Crippen LogP contribution in [0.3, 0.4) is 0 Å². The molecule has 1 rings (SSSR count). The van der Waals surface area contributed by atoms with E-state index in [4.69, 9.17) is 5.11 Å². The van der Waals surface area contributed by atoms with Crippen molar-refractivity contribution in [2.24, 2.45) is 7.05 Å². The molecule has 0 atom stereocenters. The van der Waals surface area contributed by atoms with E-state index in [1.54, 1.807) is 22.8 Å². The average Bonchev–Trinajstić information content (AvgIpc) is 2.58. The summed E-state index contributed by atoms with van der Waals surface area (Å²) in [4.78, 5) is 4.12. The Morgan fingerprint density at radius 3 is 2.79 bits per heavy atom. The van der Waals surface area contributed by atoms with Crippen LogP contribution in [0.4, 0.5) is 0 Å². The van der Waals surface area contributed by atoms with Crippen LogP contribution in [0.2, 0.25) is 0 Å². The molecule has 0 bridgehead atoms. The number of aliphatic hydroxyl groups is 1. The van der Waals surface area contributed by atoms with Crippen molar-refractivity contribution >= 4 is 11.8 Å². The average molecular weight is 215 g/mol. The van der Waals surface area contributed by atoms with Crippen LogP contribution in [0, 0.1) is 0 Å². The topological polar surface area (TPSA) is 50.9 Å². The van der Waals surface area contributed by atoms with Crippen molar-refractivity contribution in [3.63, 3.8) is 0 Å². The van der Waals surface area contributed by atoms with Gasteiger partial charge in [0.25, 0.3) is 0 Å². The maximum Gasteiger partial charge on any atom is 0.185 e. The van der Waals surface area contributed by atoms with E-state index in [0.29, 0.717) is 6.61 Å². The Kier molecular flexibility index (Phi) is 5.63. The van der Waals surface area contributed by atoms with Gasteiger partial charge in [0.1, 0.15) is 6.33 Å². The number of unbranched alkanes of at least 4 members (excludes halogenated alkanes) is 3. The lowest BCUT2D eigenvalue weighted by Crippen LogP contribution is -1.93. The molecule has 0 fully saturated rings. The van der Waals surface area contributed by atoms with Crippen molar-refractivity contribution < 1.29 is 5.11 Å². The Hall–Kier alpha value is -0.550. The molecular formula is C9H17N3OS. The van der Waals surface area contributed by atoms with Gasteiger partial charge >= 0.3 is 0 Å². The zero-order valence-corrected chi connectivity index (χ0v) is 9.33. The van der Waals surface area contributed by atoms with Gasteiger partial charge in [-0.2, -0.15) is 5.10 Å². The van der Waals surface area contributed by atoms with Crippen molar-refractivity contribution in [2.45, 2.75) is 30.8 Å². The SMILES string of the molecule is Cn1ncnc1SCCCCCCO. The number of rotatable bonds is 7. The minimum absolute atomic E-state index is 0.316. The standard InChI is InChI=1S/C9H17N3OS/c1-12-9(10-8-11-12)14-7-5-3-2-4-6-13/h8,13H,2-7H2,1H3. The van der Waals surface area contributed by atoms with Crippen LogP contribution in [0.25, 0.3) is 0 Å². The van der Waals surface area contributed by atoms with Crippen LogP contribution < -0.4 is 0 Å². The first kappa shape index (κ1) is 11.5. The zero-order chi connectivity index (χ0) is 10.2. The first-order valence-electron chi connectivity index (χ1n) is 4.92. The number of hydrogen-bond donors (Lipinski definition) is 1. The molecule has 0 aromatic carbocycles. The molecule has 0 spiro atoms. The number of thioether (sulfide) groups is 1. The smallest absolute Gasteiger partial charge is 0.185 e. The second-order valence-electron chi connectivity index (χ2n) is 3.15. The third kappa shape index (κ3) is 4.11. The lowest BCUT2D eigenvalue weighted by Gasteiger charge is -2.00. The molecule has 0 saturated carbocycles. The summed E-state index contributed by atoms with van der Waals surface area (Å²) in [5.41, 5.74) is 0. The lowest BCUT2D eigenvalue weighted by atomic mass is 10.2. The molecule has 1 aromatic heterocycles. The molecule has 0 unspecified atom stereocenters. The van der Waals surface area contributed by atoms with Crippen molar-refractivity contribution in [3.8, 4) is 0 Å². The molecule has 0 radical (unpaired) electrons. The van der Waals surface area contributed by atoms with Crippen molar-refractivity contribution in [1.29, 1.82) is 0 Å². The summed E-state index contributed by atoms with van der Waals surface area (Å²) in [7, 11) is 1.90. The Labute approximate surface area is 88.7 Å². The van der Waals surface area contributed by atoms with E-state index in [-0.39, 0.29) is 0 Å². The summed E-state index contributed by atoms with van der Waals surface area (Å²) in [6.07, 6.45) is 5.99. The van der Waals surface area contributed by atoms with Crippen molar-refractivity contribution in [3.05, 3.63) is 6.33 Å². The Balaban J connectivity index is 2.02. The van der Waals surface area contributed by atoms with E-state index in [1.165, 1.54) is 12.8 Å². The van der Waals surface area contributed by atoms with E-state index in [2.05, 4.69) is 10.1 Å². The molecule has 0 aliphatic rings. The number of aliphatic hydroxyl groups excluding tert-OH is 1. The summed E-state index contributed by atoms with van der Waals surface area (Å²) in [5, 5.41) is 13.6. The van der Waals surface area contributed by atoms with Gasteiger partial charge in [-0.1, -0.05) is 24.6 Å². The monoisotopic (exact) mass is 215 g/mol. The van der Waals surface area contributed by atoms with Gasteiger partial charge in [-0.15, -0.1) is 0 Å². The predicted molar refractivity (Wildman–Crippen MR) is 57.3 cm³/mol. The normalized spacial score (nSPS) is 10.7.